The number of unbranched alkanes of at least 4 members (excludes halogenated alkanes) is 18. The van der Waals surface area contributed by atoms with Gasteiger partial charge in [0.05, 0.1) is 24.0 Å². The van der Waals surface area contributed by atoms with Crippen molar-refractivity contribution in [3.8, 4) is 5.75 Å². The molecule has 0 aliphatic heterocycles. The molecule has 4 aliphatic carbocycles. The van der Waals surface area contributed by atoms with Gasteiger partial charge < -0.3 is 18.8 Å². The molecule has 3 fully saturated rings. The second kappa shape index (κ2) is 34.7. The lowest BCUT2D eigenvalue weighted by Gasteiger charge is -2.52. The highest BCUT2D eigenvalue weighted by atomic mass is 32.2. The second-order valence-electron chi connectivity index (χ2n) is 23.9. The molecule has 0 unspecified atom stereocenters. The van der Waals surface area contributed by atoms with E-state index < -0.39 is 49.9 Å². The third kappa shape index (κ3) is 21.3. The molecule has 0 aromatic heterocycles. The number of hydrogen-bond acceptors (Lipinski definition) is 11. The van der Waals surface area contributed by atoms with Crippen molar-refractivity contribution >= 4 is 45.6 Å². The zero-order valence-electron chi connectivity index (χ0n) is 50.0. The van der Waals surface area contributed by atoms with E-state index >= 15 is 0 Å². The molecule has 452 valence electrons. The summed E-state index contributed by atoms with van der Waals surface area (Å²) >= 11 is 0. The van der Waals surface area contributed by atoms with Crippen molar-refractivity contribution in [3.63, 3.8) is 0 Å². The molecule has 0 spiro atoms. The fourth-order valence-electron chi connectivity index (χ4n) is 12.2. The van der Waals surface area contributed by atoms with Crippen LogP contribution in [0.2, 0.25) is 0 Å². The minimum absolute atomic E-state index is 0.0252. The lowest BCUT2D eigenvalue weighted by atomic mass is 9.52. The summed E-state index contributed by atoms with van der Waals surface area (Å²) in [6.45, 7) is 5.19. The Morgan fingerprint density at radius 2 is 0.976 bits per heavy atom. The summed E-state index contributed by atoms with van der Waals surface area (Å²) in [5, 5.41) is 8.67. The zero-order chi connectivity index (χ0) is 59.3. The number of aliphatic carboxylic acids is 1. The molecular formula is C70H94O12S. The van der Waals surface area contributed by atoms with E-state index in [1.165, 1.54) is 145 Å². The van der Waals surface area contributed by atoms with E-state index in [9.17, 15) is 37.2 Å². The number of carboxylic acid groups (broad SMARTS) is 1. The van der Waals surface area contributed by atoms with Crippen LogP contribution >= 0.6 is 0 Å². The molecule has 2 bridgehead atoms. The van der Waals surface area contributed by atoms with E-state index in [0.29, 0.717) is 31.3 Å². The van der Waals surface area contributed by atoms with Gasteiger partial charge in [-0.15, -0.1) is 0 Å². The molecule has 83 heavy (non-hydrogen) atoms. The number of fused-ring (bicyclic) bond motifs is 5. The van der Waals surface area contributed by atoms with Crippen LogP contribution in [0.4, 0.5) is 0 Å². The topological polar surface area (TPSA) is 184 Å². The van der Waals surface area contributed by atoms with Gasteiger partial charge in [-0.3, -0.25) is 28.8 Å². The first-order valence-corrected chi connectivity index (χ1v) is 33.1. The Morgan fingerprint density at radius 3 is 1.57 bits per heavy atom. The molecule has 0 atom stereocenters. The Hall–Kier alpha value is -5.95. The molecule has 0 heterocycles. The predicted octanol–water partition coefficient (Wildman–Crippen LogP) is 16.8. The first-order valence-electron chi connectivity index (χ1n) is 31.7. The molecule has 0 radical (unpaired) electrons. The quantitative estimate of drug-likeness (QED) is 0.0172. The van der Waals surface area contributed by atoms with E-state index in [1.54, 1.807) is 12.1 Å². The van der Waals surface area contributed by atoms with Gasteiger partial charge in [-0.05, 0) is 130 Å². The minimum atomic E-state index is -4.63. The number of hydrogen-bond donors (Lipinski definition) is 1. The molecule has 0 saturated heterocycles. The Balaban J connectivity index is 0.000000280. The average Bonchev–Trinajstić information content (AvgIpc) is 2.24. The normalized spacial score (nSPS) is 17.0. The lowest BCUT2D eigenvalue weighted by molar-refractivity contribution is -0.174. The summed E-state index contributed by atoms with van der Waals surface area (Å²) in [6.07, 6.45) is 36.2. The maximum atomic E-state index is 13.2. The Morgan fingerprint density at radius 1 is 0.482 bits per heavy atom. The maximum Gasteiger partial charge on any atom is 0.342 e. The highest BCUT2D eigenvalue weighted by Crippen LogP contribution is 2.59. The number of aryl methyl sites for hydroxylation is 3. The molecular weight excluding hydrogens is 1060 g/mol. The van der Waals surface area contributed by atoms with Gasteiger partial charge in [0.25, 0.3) is 0 Å². The second-order valence-corrected chi connectivity index (χ2v) is 25.4. The number of carbonyl (C=O) groups is 6. The van der Waals surface area contributed by atoms with E-state index in [4.69, 9.17) is 18.8 Å². The van der Waals surface area contributed by atoms with E-state index in [-0.39, 0.29) is 47.5 Å². The summed E-state index contributed by atoms with van der Waals surface area (Å²) in [4.78, 5) is 74.1. The first-order chi connectivity index (χ1) is 40.2. The number of esters is 2. The summed E-state index contributed by atoms with van der Waals surface area (Å²) < 4.78 is 42.3. The number of ether oxygens (including phenoxy) is 2. The van der Waals surface area contributed by atoms with Gasteiger partial charge >= 0.3 is 34.0 Å². The van der Waals surface area contributed by atoms with Crippen LogP contribution in [0, 0.1) is 10.8 Å². The minimum Gasteiger partial charge on any atom is -0.494 e. The van der Waals surface area contributed by atoms with Gasteiger partial charge in [-0.2, -0.15) is 8.42 Å². The van der Waals surface area contributed by atoms with Crippen molar-refractivity contribution in [2.45, 2.75) is 243 Å². The van der Waals surface area contributed by atoms with Gasteiger partial charge in [0.15, 0.2) is 11.6 Å². The van der Waals surface area contributed by atoms with Crippen molar-refractivity contribution in [1.29, 1.82) is 0 Å². The van der Waals surface area contributed by atoms with Crippen molar-refractivity contribution in [2.24, 2.45) is 10.8 Å². The molecule has 0 amide bonds. The molecule has 4 aliphatic rings. The van der Waals surface area contributed by atoms with Gasteiger partial charge in [0.2, 0.25) is 0 Å². The summed E-state index contributed by atoms with van der Waals surface area (Å²) in [5.74, 6) is -2.56. The molecule has 13 heteroatoms. The van der Waals surface area contributed by atoms with Gasteiger partial charge in [-0.25, -0.2) is 0 Å². The van der Waals surface area contributed by atoms with E-state index in [1.807, 2.05) is 36.4 Å². The fraction of sp³-hybridized carbons (Fsp3) is 0.571. The summed E-state index contributed by atoms with van der Waals surface area (Å²) in [6, 6.07) is 26.2. The molecule has 8 rings (SSSR count). The smallest absolute Gasteiger partial charge is 0.342 e. The SMILES string of the molecule is CCCCCC12CCC(C(=O)OC(=O)CCc3ccc(CCCCCCC(=O)O)cc3)(CC1)CC2.CCCCCCCCCCCCCCCCOc1ccc(CCCC(=O)OS(=O)(=O)c2cccc3c2C(=O)c2ccccc2C3=O)cc1. The van der Waals surface area contributed by atoms with Crippen molar-refractivity contribution in [1.82, 2.24) is 0 Å². The molecule has 1 N–H and O–H groups in total. The number of rotatable bonds is 37. The highest BCUT2D eigenvalue weighted by molar-refractivity contribution is 7.87. The van der Waals surface area contributed by atoms with Crippen LogP contribution in [0.25, 0.3) is 0 Å². The van der Waals surface area contributed by atoms with Crippen molar-refractivity contribution in [3.05, 3.63) is 130 Å². The van der Waals surface area contributed by atoms with Crippen molar-refractivity contribution in [2.75, 3.05) is 6.61 Å². The van der Waals surface area contributed by atoms with Crippen LogP contribution in [-0.2, 0) is 57.5 Å². The maximum absolute atomic E-state index is 13.2. The van der Waals surface area contributed by atoms with Crippen LogP contribution in [0.15, 0.2) is 95.9 Å². The largest absolute Gasteiger partial charge is 0.494 e. The van der Waals surface area contributed by atoms with E-state index in [0.717, 1.165) is 93.9 Å². The van der Waals surface area contributed by atoms with Crippen molar-refractivity contribution < 1.29 is 55.9 Å². The molecule has 4 aromatic carbocycles. The molecule has 12 nitrogen and oxygen atoms in total. The number of ketones is 2. The first kappa shape index (κ1) is 66.2. The zero-order valence-corrected chi connectivity index (χ0v) is 50.8. The third-order valence-corrected chi connectivity index (χ3v) is 18.8. The fourth-order valence-corrected chi connectivity index (χ4v) is 13.4. The Kier molecular flexibility index (Phi) is 27.7. The molecule has 4 aromatic rings. The highest BCUT2D eigenvalue weighted by Gasteiger charge is 2.53. The third-order valence-electron chi connectivity index (χ3n) is 17.5. The van der Waals surface area contributed by atoms with Gasteiger partial charge in [0.1, 0.15) is 10.6 Å². The summed E-state index contributed by atoms with van der Waals surface area (Å²) in [5.41, 5.74) is 3.39. The standard InChI is InChI=1S/C40H50O7S.C30H44O5/c1-2-3-4-5-6-7-8-9-10-11-12-13-14-17-30-46-32-28-26-31(27-29-32)20-18-25-37(41)47-48(44,45)36-24-19-23-35-38(36)40(43)34-22-16-15-21-33(34)39(35)42;1-2-3-8-17-29-18-21-30(22-19-29,23-20-29)28(34)35-27(33)16-15-25-13-11-24(12-14-25)9-6-4-5-7-10-26(31)32/h15-16,19,21-24,26-29H,2-14,17-18,20,25,30H2,1H3;11-14H,2-10,15-23H2,1H3,(H,31,32). The van der Waals surface area contributed by atoms with E-state index in [2.05, 4.69) is 26.0 Å². The van der Waals surface area contributed by atoms with Crippen LogP contribution in [0.1, 0.15) is 268 Å². The number of carboxylic acids is 1. The molecule has 3 saturated carbocycles. The summed E-state index contributed by atoms with van der Waals surface area (Å²) in [7, 11) is -4.63. The number of carbonyl (C=O) groups excluding carboxylic acids is 5. The van der Waals surface area contributed by atoms with Crippen LogP contribution < -0.4 is 4.74 Å². The van der Waals surface area contributed by atoms with Gasteiger partial charge in [-0.1, -0.05) is 202 Å². The van der Waals surface area contributed by atoms with Crippen LogP contribution in [0.5, 0.6) is 5.75 Å². The van der Waals surface area contributed by atoms with Crippen LogP contribution in [-0.4, -0.2) is 55.6 Å². The van der Waals surface area contributed by atoms with Crippen LogP contribution in [0.3, 0.4) is 0 Å². The predicted molar refractivity (Wildman–Crippen MR) is 325 cm³/mol. The van der Waals surface area contributed by atoms with Gasteiger partial charge in [0, 0.05) is 29.5 Å². The lowest BCUT2D eigenvalue weighted by Crippen LogP contribution is -2.47. The average molecular weight is 1160 g/mol. The monoisotopic (exact) mass is 1160 g/mol. The Labute approximate surface area is 495 Å². The number of benzene rings is 4. The Bertz CT molecular complexity index is 2790.